The maximum absolute atomic E-state index is 12.9. The first-order valence-electron chi connectivity index (χ1n) is 17.2. The summed E-state index contributed by atoms with van der Waals surface area (Å²) >= 11 is 0. The third kappa shape index (κ3) is 10.5. The Bertz CT molecular complexity index is 2190. The minimum Gasteiger partial charge on any atom is -0.465 e. The third-order valence-corrected chi connectivity index (χ3v) is 8.83. The van der Waals surface area contributed by atoms with Crippen molar-refractivity contribution in [2.45, 2.75) is 39.0 Å². The van der Waals surface area contributed by atoms with E-state index in [9.17, 15) is 35.9 Å². The number of aryl methyl sites for hydroxylation is 2. The monoisotopic (exact) mass is 770 g/mol. The first kappa shape index (κ1) is 40.9. The second-order valence-corrected chi connectivity index (χ2v) is 12.9. The van der Waals surface area contributed by atoms with Crippen LogP contribution in [-0.2, 0) is 34.7 Å². The molecule has 0 atom stereocenters. The molecule has 0 fully saturated rings. The molecule has 56 heavy (non-hydrogen) atoms. The Kier molecular flexibility index (Phi) is 12.7. The van der Waals surface area contributed by atoms with Gasteiger partial charge in [-0.2, -0.15) is 26.3 Å². The minimum atomic E-state index is -4.36. The van der Waals surface area contributed by atoms with Gasteiger partial charge in [-0.25, -0.2) is 9.59 Å². The highest BCUT2D eigenvalue weighted by molar-refractivity contribution is 5.92. The van der Waals surface area contributed by atoms with Gasteiger partial charge in [0.15, 0.2) is 0 Å². The van der Waals surface area contributed by atoms with Crippen LogP contribution in [0, 0.1) is 13.8 Å². The topological polar surface area (TPSA) is 78.4 Å². The molecule has 2 aromatic heterocycles. The van der Waals surface area contributed by atoms with E-state index in [-0.39, 0.29) is 0 Å². The number of rotatable bonds is 8. The summed E-state index contributed by atoms with van der Waals surface area (Å²) in [5.41, 5.74) is 7.00. The second-order valence-electron chi connectivity index (χ2n) is 12.9. The van der Waals surface area contributed by atoms with Gasteiger partial charge in [-0.3, -0.25) is 9.97 Å². The third-order valence-electron chi connectivity index (χ3n) is 8.83. The van der Waals surface area contributed by atoms with Gasteiger partial charge in [0.1, 0.15) is 0 Å². The molecule has 0 N–H and O–H groups in total. The van der Waals surface area contributed by atoms with E-state index in [2.05, 4.69) is 9.97 Å². The van der Waals surface area contributed by atoms with Crippen LogP contribution in [0.1, 0.15) is 65.2 Å². The minimum absolute atomic E-state index is 0.360. The number of esters is 2. The molecule has 12 heteroatoms. The maximum atomic E-state index is 12.9. The van der Waals surface area contributed by atoms with Gasteiger partial charge in [0.05, 0.1) is 47.9 Å². The molecule has 0 saturated heterocycles. The molecule has 0 aliphatic heterocycles. The number of pyridine rings is 2. The van der Waals surface area contributed by atoms with Crippen LogP contribution in [0.25, 0.3) is 22.5 Å². The van der Waals surface area contributed by atoms with Gasteiger partial charge in [0.2, 0.25) is 0 Å². The molecule has 0 spiro atoms. The van der Waals surface area contributed by atoms with Crippen LogP contribution >= 0.6 is 0 Å². The van der Waals surface area contributed by atoms with Gasteiger partial charge in [0.25, 0.3) is 0 Å². The molecule has 6 aromatic rings. The van der Waals surface area contributed by atoms with Gasteiger partial charge in [-0.1, -0.05) is 48.5 Å². The van der Waals surface area contributed by atoms with E-state index in [4.69, 9.17) is 9.47 Å². The molecule has 288 valence electrons. The largest absolute Gasteiger partial charge is 0.465 e. The fourth-order valence-electron chi connectivity index (χ4n) is 5.99. The van der Waals surface area contributed by atoms with Crippen LogP contribution in [0.3, 0.4) is 0 Å². The van der Waals surface area contributed by atoms with Gasteiger partial charge < -0.3 is 9.47 Å². The fraction of sp³-hybridized carbons (Fsp3) is 0.182. The lowest BCUT2D eigenvalue weighted by atomic mass is 9.99. The fourth-order valence-corrected chi connectivity index (χ4v) is 5.99. The van der Waals surface area contributed by atoms with Crippen LogP contribution in [0.5, 0.6) is 0 Å². The highest BCUT2D eigenvalue weighted by Crippen LogP contribution is 2.32. The first-order chi connectivity index (χ1) is 26.5. The van der Waals surface area contributed by atoms with Gasteiger partial charge in [-0.05, 0) is 121 Å². The summed E-state index contributed by atoms with van der Waals surface area (Å²) in [6, 6.07) is 28.4. The van der Waals surface area contributed by atoms with Crippen LogP contribution in [0.4, 0.5) is 26.3 Å². The van der Waals surface area contributed by atoms with Crippen LogP contribution in [0.15, 0.2) is 122 Å². The summed E-state index contributed by atoms with van der Waals surface area (Å²) < 4.78 is 86.9. The molecule has 2 heterocycles. The summed E-state index contributed by atoms with van der Waals surface area (Å²) in [4.78, 5) is 32.1. The van der Waals surface area contributed by atoms with Crippen LogP contribution in [0.2, 0.25) is 0 Å². The van der Waals surface area contributed by atoms with E-state index < -0.39 is 35.4 Å². The van der Waals surface area contributed by atoms with Crippen molar-refractivity contribution >= 4 is 11.9 Å². The van der Waals surface area contributed by atoms with E-state index in [0.717, 1.165) is 57.6 Å². The van der Waals surface area contributed by atoms with Crippen molar-refractivity contribution in [2.75, 3.05) is 14.2 Å². The van der Waals surface area contributed by atoms with Gasteiger partial charge in [0, 0.05) is 23.5 Å². The van der Waals surface area contributed by atoms with Crippen molar-refractivity contribution in [1.29, 1.82) is 0 Å². The van der Waals surface area contributed by atoms with E-state index >= 15 is 0 Å². The molecule has 4 aromatic carbocycles. The van der Waals surface area contributed by atoms with Crippen LogP contribution < -0.4 is 0 Å². The van der Waals surface area contributed by atoms with Crippen molar-refractivity contribution in [3.8, 4) is 22.5 Å². The second kappa shape index (κ2) is 17.4. The highest BCUT2D eigenvalue weighted by Gasteiger charge is 2.31. The molecule has 0 bridgehead atoms. The highest BCUT2D eigenvalue weighted by atomic mass is 19.4. The van der Waals surface area contributed by atoms with E-state index in [1.807, 2.05) is 38.1 Å². The Morgan fingerprint density at radius 2 is 0.893 bits per heavy atom. The van der Waals surface area contributed by atoms with Crippen LogP contribution in [-0.4, -0.2) is 36.1 Å². The summed E-state index contributed by atoms with van der Waals surface area (Å²) in [7, 11) is 2.66. The number of halogens is 6. The molecular formula is C44H36F6N2O4. The first-order valence-corrected chi connectivity index (χ1v) is 17.2. The lowest BCUT2D eigenvalue weighted by molar-refractivity contribution is -0.138. The Labute approximate surface area is 319 Å². The van der Waals surface area contributed by atoms with E-state index in [1.165, 1.54) is 26.4 Å². The van der Waals surface area contributed by atoms with Crippen molar-refractivity contribution in [3.05, 3.63) is 177 Å². The Morgan fingerprint density at radius 1 is 0.518 bits per heavy atom. The molecule has 6 nitrogen and oxygen atoms in total. The van der Waals surface area contributed by atoms with Crippen molar-refractivity contribution in [2.24, 2.45) is 0 Å². The van der Waals surface area contributed by atoms with Crippen molar-refractivity contribution in [3.63, 3.8) is 0 Å². The van der Waals surface area contributed by atoms with Gasteiger partial charge >= 0.3 is 24.3 Å². The maximum Gasteiger partial charge on any atom is 0.416 e. The summed E-state index contributed by atoms with van der Waals surface area (Å²) in [5, 5.41) is 0. The number of carbonyl (C=O) groups is 2. The number of ether oxygens (including phenoxy) is 2. The SMILES string of the molecule is COC(=O)c1ccc(-c2cc(Cc3cccc(C(F)(F)F)c3)ccn2)cc1C.COC(=O)c1ccc(-c2cc(Cc3cccc(C(F)(F)F)c3)ccn2)cc1C. The number of benzene rings is 4. The number of hydrogen-bond acceptors (Lipinski definition) is 6. The average molecular weight is 771 g/mol. The molecule has 0 radical (unpaired) electrons. The van der Waals surface area contributed by atoms with Crippen molar-refractivity contribution in [1.82, 2.24) is 9.97 Å². The van der Waals surface area contributed by atoms with E-state index in [0.29, 0.717) is 46.5 Å². The molecule has 0 aliphatic rings. The molecular weight excluding hydrogens is 734 g/mol. The smallest absolute Gasteiger partial charge is 0.416 e. The molecule has 0 saturated carbocycles. The Morgan fingerprint density at radius 3 is 1.23 bits per heavy atom. The molecule has 6 rings (SSSR count). The Balaban J connectivity index is 0.000000214. The predicted molar refractivity (Wildman–Crippen MR) is 200 cm³/mol. The lowest BCUT2D eigenvalue weighted by Gasteiger charge is -2.10. The normalized spacial score (nSPS) is 11.3. The van der Waals surface area contributed by atoms with Gasteiger partial charge in [-0.15, -0.1) is 0 Å². The van der Waals surface area contributed by atoms with Crippen molar-refractivity contribution < 1.29 is 45.4 Å². The van der Waals surface area contributed by atoms with E-state index in [1.54, 1.807) is 60.9 Å². The summed E-state index contributed by atoms with van der Waals surface area (Å²) in [5.74, 6) is -0.814. The standard InChI is InChI=1S/2C22H18F3NO2/c2*1-14-10-17(6-7-19(14)21(27)28-2)20-13-16(8-9-26-20)11-15-4-3-5-18(12-15)22(23,24)25/h2*3-10,12-13H,11H2,1-2H3. The molecule has 0 unspecified atom stereocenters. The zero-order valence-electron chi connectivity index (χ0n) is 30.8. The number of methoxy groups -OCH3 is 2. The predicted octanol–water partition coefficient (Wildman–Crippen LogP) is 10.9. The molecule has 0 amide bonds. The number of hydrogen-bond donors (Lipinski definition) is 0. The quantitative estimate of drug-likeness (QED) is 0.113. The lowest BCUT2D eigenvalue weighted by Crippen LogP contribution is -2.05. The average Bonchev–Trinajstić information content (AvgIpc) is 3.17. The number of nitrogens with zero attached hydrogens (tertiary/aromatic N) is 2. The summed E-state index contributed by atoms with van der Waals surface area (Å²) in [6.07, 6.45) is -4.75. The zero-order valence-corrected chi connectivity index (χ0v) is 30.8. The number of aromatic nitrogens is 2. The number of alkyl halides is 6. The zero-order chi connectivity index (χ0) is 40.6. The number of carbonyl (C=O) groups excluding carboxylic acids is 2. The summed E-state index contributed by atoms with van der Waals surface area (Å²) in [6.45, 7) is 3.62. The molecule has 0 aliphatic carbocycles. The Hall–Kier alpha value is -6.30.